The molecule has 0 spiro atoms. The van der Waals surface area contributed by atoms with Gasteiger partial charge in [-0.15, -0.1) is 0 Å². The Bertz CT molecular complexity index is 559. The van der Waals surface area contributed by atoms with Gasteiger partial charge in [0.2, 0.25) is 0 Å². The first-order valence-electron chi connectivity index (χ1n) is 4.97. The minimum atomic E-state index is -0.513. The van der Waals surface area contributed by atoms with E-state index in [1.54, 1.807) is 18.3 Å². The van der Waals surface area contributed by atoms with Crippen molar-refractivity contribution in [1.82, 2.24) is 4.98 Å². The number of nitrogens with zero attached hydrogens (tertiary/aromatic N) is 1. The first-order chi connectivity index (χ1) is 8.24. The number of rotatable bonds is 1. The molecule has 0 radical (unpaired) electrons. The molecule has 0 fully saturated rings. The molecule has 0 saturated carbocycles. The highest BCUT2D eigenvalue weighted by atomic mass is 79.9. The normalized spacial score (nSPS) is 17.2. The monoisotopic (exact) mass is 311 g/mol. The van der Waals surface area contributed by atoms with Gasteiger partial charge in [-0.1, -0.05) is 17.7 Å². The number of fused-ring (bicyclic) bond motifs is 1. The molecule has 86 valence electrons. The van der Waals surface area contributed by atoms with E-state index in [4.69, 9.17) is 21.1 Å². The maximum absolute atomic E-state index is 5.78. The van der Waals surface area contributed by atoms with Gasteiger partial charge in [-0.2, -0.15) is 0 Å². The van der Waals surface area contributed by atoms with E-state index >= 15 is 0 Å². The molecule has 0 N–H and O–H groups in total. The number of para-hydroxylation sites is 1. The molecule has 0 saturated heterocycles. The molecular weight excluding hydrogens is 305 g/mol. The maximum atomic E-state index is 5.78. The van der Waals surface area contributed by atoms with Crippen LogP contribution in [0.2, 0.25) is 5.02 Å². The van der Waals surface area contributed by atoms with Crippen molar-refractivity contribution >= 4 is 27.5 Å². The van der Waals surface area contributed by atoms with E-state index < -0.39 is 6.29 Å². The molecule has 0 aliphatic carbocycles. The number of aromatic nitrogens is 1. The van der Waals surface area contributed by atoms with Gasteiger partial charge >= 0.3 is 0 Å². The molecule has 3 nitrogen and oxygen atoms in total. The summed E-state index contributed by atoms with van der Waals surface area (Å²) in [5.41, 5.74) is 0.692. The second kappa shape index (κ2) is 4.20. The van der Waals surface area contributed by atoms with Gasteiger partial charge in [0.25, 0.3) is 6.29 Å². The number of halogens is 2. The topological polar surface area (TPSA) is 31.4 Å². The Hall–Kier alpha value is -1.26. The molecule has 0 bridgehead atoms. The summed E-state index contributed by atoms with van der Waals surface area (Å²) in [5, 5.41) is 0.588. The largest absolute Gasteiger partial charge is 0.445 e. The molecule has 2 aromatic rings. The summed E-state index contributed by atoms with van der Waals surface area (Å²) in [6.45, 7) is 0. The quantitative estimate of drug-likeness (QED) is 0.798. The molecule has 1 aliphatic rings. The summed E-state index contributed by atoms with van der Waals surface area (Å²) >= 11 is 9.19. The smallest absolute Gasteiger partial charge is 0.285 e. The predicted octanol–water partition coefficient (Wildman–Crippen LogP) is 3.97. The number of hydrogen-bond acceptors (Lipinski definition) is 3. The lowest BCUT2D eigenvalue weighted by molar-refractivity contribution is 0.0444. The van der Waals surface area contributed by atoms with Crippen LogP contribution < -0.4 is 9.47 Å². The Labute approximate surface area is 111 Å². The van der Waals surface area contributed by atoms with Crippen molar-refractivity contribution in [2.24, 2.45) is 0 Å². The number of ether oxygens (including phenoxy) is 2. The van der Waals surface area contributed by atoms with Crippen molar-refractivity contribution in [2.75, 3.05) is 0 Å². The molecule has 1 aromatic heterocycles. The minimum absolute atomic E-state index is 0.513. The van der Waals surface area contributed by atoms with Crippen LogP contribution in [0.4, 0.5) is 0 Å². The van der Waals surface area contributed by atoms with Crippen LogP contribution in [0.25, 0.3) is 0 Å². The van der Waals surface area contributed by atoms with E-state index in [-0.39, 0.29) is 0 Å². The molecule has 1 aliphatic heterocycles. The zero-order valence-corrected chi connectivity index (χ0v) is 10.9. The highest BCUT2D eigenvalue weighted by molar-refractivity contribution is 9.10. The second-order valence-corrected chi connectivity index (χ2v) is 4.83. The third kappa shape index (κ3) is 1.98. The zero-order chi connectivity index (χ0) is 11.8. The molecule has 1 atom stereocenters. The Morgan fingerprint density at radius 1 is 1.18 bits per heavy atom. The molecular formula is C12H7BrClNO2. The number of pyridine rings is 1. The molecule has 0 amide bonds. The van der Waals surface area contributed by atoms with Gasteiger partial charge in [-0.25, -0.2) is 0 Å². The Morgan fingerprint density at radius 2 is 2.06 bits per heavy atom. The van der Waals surface area contributed by atoms with Crippen LogP contribution in [0, 0.1) is 0 Å². The van der Waals surface area contributed by atoms with Gasteiger partial charge in [0.05, 0.1) is 9.50 Å². The SMILES string of the molecule is Clc1ccc(C2Oc3cccc(Br)c3O2)nc1. The second-order valence-electron chi connectivity index (χ2n) is 3.54. The lowest BCUT2D eigenvalue weighted by atomic mass is 10.3. The average molecular weight is 313 g/mol. The molecule has 5 heteroatoms. The van der Waals surface area contributed by atoms with Crippen LogP contribution in [0.1, 0.15) is 12.0 Å². The molecule has 1 aromatic carbocycles. The Morgan fingerprint density at radius 3 is 2.76 bits per heavy atom. The first-order valence-corrected chi connectivity index (χ1v) is 6.14. The standard InChI is InChI=1S/C12H7BrClNO2/c13-8-2-1-3-10-11(8)17-12(16-10)9-5-4-7(14)6-15-9/h1-6,12H. The van der Waals surface area contributed by atoms with Crippen LogP contribution in [-0.2, 0) is 0 Å². The fraction of sp³-hybridized carbons (Fsp3) is 0.0833. The number of benzene rings is 1. The molecule has 1 unspecified atom stereocenters. The minimum Gasteiger partial charge on any atom is -0.445 e. The lowest BCUT2D eigenvalue weighted by Gasteiger charge is -2.09. The zero-order valence-electron chi connectivity index (χ0n) is 8.56. The van der Waals surface area contributed by atoms with Crippen molar-refractivity contribution in [3.8, 4) is 11.5 Å². The summed E-state index contributed by atoms with van der Waals surface area (Å²) in [7, 11) is 0. The predicted molar refractivity (Wildman–Crippen MR) is 67.4 cm³/mol. The fourth-order valence-electron chi connectivity index (χ4n) is 1.59. The maximum Gasteiger partial charge on any atom is 0.285 e. The van der Waals surface area contributed by atoms with E-state index in [0.717, 1.165) is 4.47 Å². The van der Waals surface area contributed by atoms with Gasteiger partial charge < -0.3 is 9.47 Å². The Balaban J connectivity index is 1.91. The van der Waals surface area contributed by atoms with Crippen LogP contribution in [-0.4, -0.2) is 4.98 Å². The number of hydrogen-bond donors (Lipinski definition) is 0. The lowest BCUT2D eigenvalue weighted by Crippen LogP contribution is -2.09. The van der Waals surface area contributed by atoms with E-state index in [9.17, 15) is 0 Å². The Kier molecular flexibility index (Phi) is 2.68. The van der Waals surface area contributed by atoms with Gasteiger partial charge in [-0.3, -0.25) is 4.98 Å². The van der Waals surface area contributed by atoms with Crippen molar-refractivity contribution in [1.29, 1.82) is 0 Å². The summed E-state index contributed by atoms with van der Waals surface area (Å²) in [6, 6.07) is 9.20. The summed E-state index contributed by atoms with van der Waals surface area (Å²) < 4.78 is 12.2. The van der Waals surface area contributed by atoms with Crippen LogP contribution in [0.3, 0.4) is 0 Å². The van der Waals surface area contributed by atoms with E-state index in [2.05, 4.69) is 20.9 Å². The van der Waals surface area contributed by atoms with Crippen molar-refractivity contribution in [2.45, 2.75) is 6.29 Å². The summed E-state index contributed by atoms with van der Waals surface area (Å²) in [4.78, 5) is 4.18. The summed E-state index contributed by atoms with van der Waals surface area (Å²) in [5.74, 6) is 1.41. The van der Waals surface area contributed by atoms with E-state index in [1.165, 1.54) is 0 Å². The average Bonchev–Trinajstić information content (AvgIpc) is 2.75. The highest BCUT2D eigenvalue weighted by Crippen LogP contribution is 2.44. The van der Waals surface area contributed by atoms with Crippen molar-refractivity contribution in [3.63, 3.8) is 0 Å². The highest BCUT2D eigenvalue weighted by Gasteiger charge is 2.28. The molecule has 3 rings (SSSR count). The molecule has 2 heterocycles. The van der Waals surface area contributed by atoms with Gasteiger partial charge in [0.1, 0.15) is 5.69 Å². The molecule has 17 heavy (non-hydrogen) atoms. The van der Waals surface area contributed by atoms with E-state index in [0.29, 0.717) is 22.2 Å². The first kappa shape index (κ1) is 10.9. The van der Waals surface area contributed by atoms with Gasteiger partial charge in [0, 0.05) is 6.20 Å². The van der Waals surface area contributed by atoms with Gasteiger partial charge in [-0.05, 0) is 40.2 Å². The third-order valence-corrected chi connectivity index (χ3v) is 3.23. The van der Waals surface area contributed by atoms with E-state index in [1.807, 2.05) is 18.2 Å². The third-order valence-electron chi connectivity index (χ3n) is 2.38. The summed E-state index contributed by atoms with van der Waals surface area (Å²) in [6.07, 6.45) is 1.06. The fourth-order valence-corrected chi connectivity index (χ4v) is 2.14. The van der Waals surface area contributed by atoms with Crippen LogP contribution in [0.5, 0.6) is 11.5 Å². The van der Waals surface area contributed by atoms with Crippen LogP contribution >= 0.6 is 27.5 Å². The van der Waals surface area contributed by atoms with Crippen molar-refractivity contribution in [3.05, 3.63) is 51.7 Å². The van der Waals surface area contributed by atoms with Gasteiger partial charge in [0.15, 0.2) is 11.5 Å². The van der Waals surface area contributed by atoms with Crippen LogP contribution in [0.15, 0.2) is 41.0 Å². The van der Waals surface area contributed by atoms with Crippen molar-refractivity contribution < 1.29 is 9.47 Å².